The zero-order chi connectivity index (χ0) is 30.3. The van der Waals surface area contributed by atoms with Crippen LogP contribution in [0, 0.1) is 23.5 Å². The maximum Gasteiger partial charge on any atom is 0.266 e. The van der Waals surface area contributed by atoms with E-state index in [9.17, 15) is 23.2 Å². The molecule has 1 amide bonds. The average molecular weight is 585 g/mol. The quantitative estimate of drug-likeness (QED) is 0.242. The fraction of sp³-hybridized carbons (Fsp3) is 0.281. The summed E-state index contributed by atoms with van der Waals surface area (Å²) in [4.78, 5) is 48.8. The van der Waals surface area contributed by atoms with Crippen LogP contribution in [0.4, 0.5) is 8.78 Å². The van der Waals surface area contributed by atoms with Crippen LogP contribution in [0.15, 0.2) is 66.0 Å². The molecule has 2 N–H and O–H groups in total. The van der Waals surface area contributed by atoms with Gasteiger partial charge < -0.3 is 15.5 Å². The van der Waals surface area contributed by atoms with Gasteiger partial charge in [0.2, 0.25) is 0 Å². The molecule has 5 rings (SSSR count). The first kappa shape index (κ1) is 29.7. The second kappa shape index (κ2) is 13.5. The van der Waals surface area contributed by atoms with Crippen molar-refractivity contribution < 1.29 is 18.4 Å². The van der Waals surface area contributed by atoms with Gasteiger partial charge in [-0.1, -0.05) is 17.9 Å². The number of rotatable bonds is 8. The van der Waals surface area contributed by atoms with Crippen molar-refractivity contribution in [2.24, 2.45) is 0 Å². The van der Waals surface area contributed by atoms with Crippen molar-refractivity contribution in [2.75, 3.05) is 33.2 Å². The number of halogens is 2. The summed E-state index contributed by atoms with van der Waals surface area (Å²) in [7, 11) is 2.08. The monoisotopic (exact) mass is 584 g/mol. The van der Waals surface area contributed by atoms with Crippen LogP contribution >= 0.6 is 0 Å². The molecule has 1 atom stereocenters. The average Bonchev–Trinajstić information content (AvgIpc) is 3.00. The highest BCUT2D eigenvalue weighted by atomic mass is 19.2. The Bertz CT molecular complexity index is 1800. The van der Waals surface area contributed by atoms with Gasteiger partial charge in [0.05, 0.1) is 31.5 Å². The SMILES string of the molecule is CN1CCCC(NCC(=O)c2cnc3ccc(C#CCNC(=O)c4cncn(Cc5ccc(F)c(F)c5)c4=O)cc3c2)C1. The van der Waals surface area contributed by atoms with Gasteiger partial charge >= 0.3 is 0 Å². The Kier molecular flexibility index (Phi) is 9.29. The number of Topliss-reactive ketones (excluding diaryl/α,β-unsaturated/α-hetero) is 1. The molecule has 9 nitrogen and oxygen atoms in total. The first-order valence-corrected chi connectivity index (χ1v) is 13.9. The minimum absolute atomic E-state index is 0.0267. The van der Waals surface area contributed by atoms with Crippen LogP contribution in [0.2, 0.25) is 0 Å². The van der Waals surface area contributed by atoms with Gasteiger partial charge in [0, 0.05) is 41.5 Å². The van der Waals surface area contributed by atoms with Crippen molar-refractivity contribution in [3.8, 4) is 11.8 Å². The summed E-state index contributed by atoms with van der Waals surface area (Å²) < 4.78 is 27.9. The molecular weight excluding hydrogens is 554 g/mol. The molecule has 1 aliphatic heterocycles. The Morgan fingerprint density at radius 3 is 2.77 bits per heavy atom. The molecule has 0 saturated carbocycles. The lowest BCUT2D eigenvalue weighted by Crippen LogP contribution is -2.45. The largest absolute Gasteiger partial charge is 0.341 e. The molecule has 0 radical (unpaired) electrons. The molecule has 1 fully saturated rings. The summed E-state index contributed by atoms with van der Waals surface area (Å²) in [6.07, 6.45) is 6.12. The van der Waals surface area contributed by atoms with Gasteiger partial charge in [-0.05, 0) is 68.4 Å². The van der Waals surface area contributed by atoms with Crippen molar-refractivity contribution in [3.63, 3.8) is 0 Å². The number of fused-ring (bicyclic) bond motifs is 1. The molecule has 1 aliphatic rings. The number of amides is 1. The van der Waals surface area contributed by atoms with Crippen molar-refractivity contribution in [3.05, 3.63) is 105 Å². The van der Waals surface area contributed by atoms with E-state index in [-0.39, 0.29) is 31.0 Å². The molecule has 0 bridgehead atoms. The summed E-state index contributed by atoms with van der Waals surface area (Å²) in [5.74, 6) is 3.13. The summed E-state index contributed by atoms with van der Waals surface area (Å²) in [6.45, 7) is 2.13. The van der Waals surface area contributed by atoms with Crippen LogP contribution in [-0.4, -0.2) is 70.4 Å². The minimum atomic E-state index is -1.03. The van der Waals surface area contributed by atoms with E-state index in [0.29, 0.717) is 22.7 Å². The van der Waals surface area contributed by atoms with E-state index < -0.39 is 23.1 Å². The summed E-state index contributed by atoms with van der Waals surface area (Å²) in [6, 6.07) is 10.8. The zero-order valence-corrected chi connectivity index (χ0v) is 23.6. The van der Waals surface area contributed by atoms with Crippen LogP contribution < -0.4 is 16.2 Å². The number of ketones is 1. The fourth-order valence-electron chi connectivity index (χ4n) is 4.95. The van der Waals surface area contributed by atoms with E-state index in [1.165, 1.54) is 12.4 Å². The Hall–Kier alpha value is -4.79. The van der Waals surface area contributed by atoms with Crippen molar-refractivity contribution in [1.82, 2.24) is 30.1 Å². The molecule has 11 heteroatoms. The number of hydrogen-bond acceptors (Lipinski definition) is 7. The number of carbonyl (C=O) groups is 2. The number of pyridine rings is 1. The molecule has 2 aromatic carbocycles. The van der Waals surface area contributed by atoms with E-state index >= 15 is 0 Å². The maximum absolute atomic E-state index is 13.5. The first-order chi connectivity index (χ1) is 20.8. The summed E-state index contributed by atoms with van der Waals surface area (Å²) >= 11 is 0. The Labute approximate surface area is 247 Å². The number of piperidine rings is 1. The maximum atomic E-state index is 13.5. The Morgan fingerprint density at radius 2 is 1.95 bits per heavy atom. The lowest BCUT2D eigenvalue weighted by Gasteiger charge is -2.30. The van der Waals surface area contributed by atoms with Crippen LogP contribution in [0.25, 0.3) is 10.9 Å². The van der Waals surface area contributed by atoms with Gasteiger partial charge in [0.15, 0.2) is 17.4 Å². The minimum Gasteiger partial charge on any atom is -0.341 e. The molecule has 3 heterocycles. The standard InChI is InChI=1S/C32H30F2N6O3/c1-39-11-3-5-25(19-39)37-17-30(41)24-14-23-12-21(7-9-29(23)38-15-24)4-2-10-36-31(42)26-16-35-20-40(32(26)43)18-22-6-8-27(33)28(34)13-22/h6-9,12-16,20,25,37H,3,5,10-11,17-19H2,1H3,(H,36,42). The number of nitrogens with zero attached hydrogens (tertiary/aromatic N) is 4. The molecule has 1 saturated heterocycles. The molecule has 1 unspecified atom stereocenters. The lowest BCUT2D eigenvalue weighted by molar-refractivity contribution is 0.0953. The number of hydrogen-bond donors (Lipinski definition) is 2. The van der Waals surface area contributed by atoms with E-state index in [0.717, 1.165) is 59.7 Å². The third-order valence-corrected chi connectivity index (χ3v) is 7.23. The fourth-order valence-corrected chi connectivity index (χ4v) is 4.95. The number of nitrogens with one attached hydrogen (secondary N) is 2. The third-order valence-electron chi connectivity index (χ3n) is 7.23. The number of aromatic nitrogens is 3. The van der Waals surface area contributed by atoms with Gasteiger partial charge in [0.1, 0.15) is 5.56 Å². The van der Waals surface area contributed by atoms with Crippen LogP contribution in [0.3, 0.4) is 0 Å². The molecule has 2 aromatic heterocycles. The topological polar surface area (TPSA) is 109 Å². The van der Waals surface area contributed by atoms with Gasteiger partial charge in [-0.2, -0.15) is 0 Å². The van der Waals surface area contributed by atoms with Crippen LogP contribution in [0.5, 0.6) is 0 Å². The van der Waals surface area contributed by atoms with E-state index in [1.807, 2.05) is 12.1 Å². The first-order valence-electron chi connectivity index (χ1n) is 13.9. The third kappa shape index (κ3) is 7.54. The highest BCUT2D eigenvalue weighted by Gasteiger charge is 2.18. The summed E-state index contributed by atoms with van der Waals surface area (Å²) in [5.41, 5.74) is 1.44. The predicted molar refractivity (Wildman–Crippen MR) is 158 cm³/mol. The summed E-state index contributed by atoms with van der Waals surface area (Å²) in [5, 5.41) is 6.71. The number of likely N-dealkylation sites (tertiary alicyclic amines) is 1. The van der Waals surface area contributed by atoms with Crippen molar-refractivity contribution >= 4 is 22.6 Å². The van der Waals surface area contributed by atoms with Gasteiger partial charge in [-0.15, -0.1) is 0 Å². The zero-order valence-electron chi connectivity index (χ0n) is 23.6. The number of likely N-dealkylation sites (N-methyl/N-ethyl adjacent to an activating group) is 1. The van der Waals surface area contributed by atoms with Crippen LogP contribution in [-0.2, 0) is 6.54 Å². The highest BCUT2D eigenvalue weighted by molar-refractivity contribution is 6.00. The van der Waals surface area contributed by atoms with Crippen LogP contribution in [0.1, 0.15) is 44.7 Å². The normalized spacial score (nSPS) is 15.1. The highest BCUT2D eigenvalue weighted by Crippen LogP contribution is 2.16. The Balaban J connectivity index is 1.19. The second-order valence-electron chi connectivity index (χ2n) is 10.5. The molecule has 0 spiro atoms. The Morgan fingerprint density at radius 1 is 1.09 bits per heavy atom. The molecule has 4 aromatic rings. The molecule has 43 heavy (non-hydrogen) atoms. The van der Waals surface area contributed by atoms with Gasteiger partial charge in [-0.3, -0.25) is 23.9 Å². The smallest absolute Gasteiger partial charge is 0.266 e. The van der Waals surface area contributed by atoms with Gasteiger partial charge in [-0.25, -0.2) is 13.8 Å². The molecule has 0 aliphatic carbocycles. The van der Waals surface area contributed by atoms with Gasteiger partial charge in [0.25, 0.3) is 11.5 Å². The second-order valence-corrected chi connectivity index (χ2v) is 10.5. The predicted octanol–water partition coefficient (Wildman–Crippen LogP) is 2.77. The van der Waals surface area contributed by atoms with E-state index in [2.05, 4.69) is 44.4 Å². The van der Waals surface area contributed by atoms with E-state index in [1.54, 1.807) is 18.3 Å². The number of carbonyl (C=O) groups excluding carboxylic acids is 2. The molecular formula is C32H30F2N6O3. The van der Waals surface area contributed by atoms with Crippen molar-refractivity contribution in [2.45, 2.75) is 25.4 Å². The number of benzene rings is 2. The lowest BCUT2D eigenvalue weighted by atomic mass is 10.0. The van der Waals surface area contributed by atoms with E-state index in [4.69, 9.17) is 0 Å². The molecule has 220 valence electrons. The van der Waals surface area contributed by atoms with Crippen molar-refractivity contribution in [1.29, 1.82) is 0 Å².